The molecule has 0 fully saturated rings. The van der Waals surface area contributed by atoms with Gasteiger partial charge in [0.1, 0.15) is 5.82 Å². The topological polar surface area (TPSA) is 17.1 Å². The van der Waals surface area contributed by atoms with Crippen LogP contribution in [-0.2, 0) is 6.42 Å². The number of carbonyl (C=O) groups excluding carboxylic acids is 1. The third kappa shape index (κ3) is 3.86. The molecule has 1 nitrogen and oxygen atoms in total. The summed E-state index contributed by atoms with van der Waals surface area (Å²) in [4.78, 5) is 12.2. The van der Waals surface area contributed by atoms with Gasteiger partial charge >= 0.3 is 0 Å². The molecule has 0 aliphatic heterocycles. The summed E-state index contributed by atoms with van der Waals surface area (Å²) in [5, 5.41) is 0. The minimum atomic E-state index is -0.360. The minimum Gasteiger partial charge on any atom is -0.294 e. The van der Waals surface area contributed by atoms with E-state index in [1.54, 1.807) is 18.2 Å². The molecule has 0 aromatic heterocycles. The number of ketones is 1. The molecule has 0 saturated carbocycles. The first kappa shape index (κ1) is 15.1. The van der Waals surface area contributed by atoms with E-state index in [1.165, 1.54) is 6.07 Å². The first-order valence-corrected chi connectivity index (χ1v) is 8.06. The number of carbonyl (C=O) groups is 1. The molecule has 0 aliphatic carbocycles. The quantitative estimate of drug-likeness (QED) is 0.411. The first-order chi connectivity index (χ1) is 8.97. The second-order valence-electron chi connectivity index (χ2n) is 3.96. The Kier molecular flexibility index (Phi) is 5.14. The third-order valence-corrected chi connectivity index (χ3v) is 4.51. The van der Waals surface area contributed by atoms with Crippen LogP contribution in [0.25, 0.3) is 0 Å². The second-order valence-corrected chi connectivity index (χ2v) is 6.95. The first-order valence-electron chi connectivity index (χ1n) is 5.39. The fourth-order valence-corrected chi connectivity index (χ4v) is 3.06. The molecular formula is C14H8Br2FIO. The van der Waals surface area contributed by atoms with Crippen molar-refractivity contribution in [3.63, 3.8) is 0 Å². The number of rotatable bonds is 3. The SMILES string of the molecule is O=C(Cc1cc(Br)ccc1F)c1cc(Br)ccc1I. The van der Waals surface area contributed by atoms with Gasteiger partial charge in [-0.3, -0.25) is 4.79 Å². The third-order valence-electron chi connectivity index (χ3n) is 2.59. The summed E-state index contributed by atoms with van der Waals surface area (Å²) in [5.74, 6) is -0.454. The van der Waals surface area contributed by atoms with Crippen molar-refractivity contribution in [1.29, 1.82) is 0 Å². The van der Waals surface area contributed by atoms with E-state index < -0.39 is 0 Å². The van der Waals surface area contributed by atoms with Crippen molar-refractivity contribution < 1.29 is 9.18 Å². The average Bonchev–Trinajstić information content (AvgIpc) is 2.36. The van der Waals surface area contributed by atoms with Crippen LogP contribution < -0.4 is 0 Å². The molecule has 0 saturated heterocycles. The van der Waals surface area contributed by atoms with Gasteiger partial charge in [0, 0.05) is 24.5 Å². The van der Waals surface area contributed by atoms with Crippen molar-refractivity contribution in [2.45, 2.75) is 6.42 Å². The number of benzene rings is 2. The van der Waals surface area contributed by atoms with Crippen LogP contribution in [0.2, 0.25) is 0 Å². The van der Waals surface area contributed by atoms with E-state index in [0.717, 1.165) is 12.5 Å². The van der Waals surface area contributed by atoms with E-state index in [-0.39, 0.29) is 18.0 Å². The molecule has 98 valence electrons. The fraction of sp³-hybridized carbons (Fsp3) is 0.0714. The van der Waals surface area contributed by atoms with Gasteiger partial charge in [-0.1, -0.05) is 31.9 Å². The van der Waals surface area contributed by atoms with Crippen LogP contribution in [0.5, 0.6) is 0 Å². The smallest absolute Gasteiger partial charge is 0.168 e. The molecule has 0 amide bonds. The second kappa shape index (κ2) is 6.45. The number of halogens is 4. The molecule has 0 atom stereocenters. The van der Waals surface area contributed by atoms with Gasteiger partial charge in [0.15, 0.2) is 5.78 Å². The van der Waals surface area contributed by atoms with Crippen LogP contribution in [0.1, 0.15) is 15.9 Å². The van der Waals surface area contributed by atoms with E-state index in [4.69, 9.17) is 0 Å². The lowest BCUT2D eigenvalue weighted by atomic mass is 10.0. The van der Waals surface area contributed by atoms with Crippen LogP contribution in [-0.4, -0.2) is 5.78 Å². The molecule has 0 spiro atoms. The van der Waals surface area contributed by atoms with Gasteiger partial charge in [0.05, 0.1) is 0 Å². The number of hydrogen-bond acceptors (Lipinski definition) is 1. The van der Waals surface area contributed by atoms with Crippen molar-refractivity contribution in [2.75, 3.05) is 0 Å². The Morgan fingerprint density at radius 1 is 1.11 bits per heavy atom. The molecule has 2 aromatic carbocycles. The van der Waals surface area contributed by atoms with Crippen LogP contribution in [0, 0.1) is 9.39 Å². The van der Waals surface area contributed by atoms with Crippen LogP contribution in [0.4, 0.5) is 4.39 Å². The summed E-state index contributed by atoms with van der Waals surface area (Å²) in [7, 11) is 0. The summed E-state index contributed by atoms with van der Waals surface area (Å²) in [6, 6.07) is 10.1. The van der Waals surface area contributed by atoms with E-state index in [2.05, 4.69) is 54.5 Å². The van der Waals surface area contributed by atoms with Crippen LogP contribution in [0.15, 0.2) is 45.3 Å². The fourth-order valence-electron chi connectivity index (χ4n) is 1.66. The lowest BCUT2D eigenvalue weighted by molar-refractivity contribution is 0.0991. The van der Waals surface area contributed by atoms with Gasteiger partial charge in [-0.05, 0) is 64.6 Å². The van der Waals surface area contributed by atoms with Gasteiger partial charge < -0.3 is 0 Å². The minimum absolute atomic E-state index is 0.0533. The lowest BCUT2D eigenvalue weighted by Gasteiger charge is -2.06. The van der Waals surface area contributed by atoms with Gasteiger partial charge in [-0.15, -0.1) is 0 Å². The number of hydrogen-bond donors (Lipinski definition) is 0. The van der Waals surface area contributed by atoms with Crippen molar-refractivity contribution in [2.24, 2.45) is 0 Å². The van der Waals surface area contributed by atoms with E-state index in [0.29, 0.717) is 11.1 Å². The maximum absolute atomic E-state index is 13.6. The van der Waals surface area contributed by atoms with E-state index in [1.807, 2.05) is 12.1 Å². The Morgan fingerprint density at radius 2 is 1.74 bits per heavy atom. The molecule has 2 rings (SSSR count). The van der Waals surface area contributed by atoms with Crippen molar-refractivity contribution in [3.05, 3.63) is 65.9 Å². The highest BCUT2D eigenvalue weighted by atomic mass is 127. The summed E-state index contributed by atoms with van der Waals surface area (Å²) in [5.41, 5.74) is 1.00. The molecule has 0 aliphatic rings. The zero-order valence-electron chi connectivity index (χ0n) is 9.59. The molecule has 0 bridgehead atoms. The van der Waals surface area contributed by atoms with Gasteiger partial charge in [0.25, 0.3) is 0 Å². The van der Waals surface area contributed by atoms with E-state index >= 15 is 0 Å². The summed E-state index contributed by atoms with van der Waals surface area (Å²) in [6.07, 6.45) is 0.0533. The summed E-state index contributed by atoms with van der Waals surface area (Å²) >= 11 is 8.73. The van der Waals surface area contributed by atoms with Crippen LogP contribution >= 0.6 is 54.5 Å². The van der Waals surface area contributed by atoms with Crippen LogP contribution in [0.3, 0.4) is 0 Å². The van der Waals surface area contributed by atoms with Crippen molar-refractivity contribution in [1.82, 2.24) is 0 Å². The average molecular weight is 498 g/mol. The predicted molar refractivity (Wildman–Crippen MR) is 89.0 cm³/mol. The molecule has 19 heavy (non-hydrogen) atoms. The van der Waals surface area contributed by atoms with E-state index in [9.17, 15) is 9.18 Å². The molecule has 0 unspecified atom stereocenters. The Bertz CT molecular complexity index is 643. The molecule has 5 heteroatoms. The Labute approximate surface area is 141 Å². The molecule has 2 aromatic rings. The standard InChI is InChI=1S/C14H8Br2FIO/c15-9-1-3-12(17)8(5-9)6-14(19)11-7-10(16)2-4-13(11)18/h1-5,7H,6H2. The zero-order valence-corrected chi connectivity index (χ0v) is 14.9. The predicted octanol–water partition coefficient (Wildman–Crippen LogP) is 5.38. The monoisotopic (exact) mass is 496 g/mol. The van der Waals surface area contributed by atoms with Crippen molar-refractivity contribution in [3.8, 4) is 0 Å². The maximum Gasteiger partial charge on any atom is 0.168 e. The summed E-state index contributed by atoms with van der Waals surface area (Å²) in [6.45, 7) is 0. The molecule has 0 heterocycles. The molecule has 0 N–H and O–H groups in total. The maximum atomic E-state index is 13.6. The zero-order chi connectivity index (χ0) is 14.0. The highest BCUT2D eigenvalue weighted by Gasteiger charge is 2.14. The largest absolute Gasteiger partial charge is 0.294 e. The lowest BCUT2D eigenvalue weighted by Crippen LogP contribution is -2.07. The molecular weight excluding hydrogens is 490 g/mol. The Hall–Kier alpha value is -0.270. The normalized spacial score (nSPS) is 10.5. The Morgan fingerprint density at radius 3 is 2.47 bits per heavy atom. The Balaban J connectivity index is 2.30. The van der Waals surface area contributed by atoms with Gasteiger partial charge in [0.2, 0.25) is 0 Å². The molecule has 0 radical (unpaired) electrons. The highest BCUT2D eigenvalue weighted by molar-refractivity contribution is 14.1. The van der Waals surface area contributed by atoms with Gasteiger partial charge in [-0.25, -0.2) is 4.39 Å². The summed E-state index contributed by atoms with van der Waals surface area (Å²) < 4.78 is 16.1. The highest BCUT2D eigenvalue weighted by Crippen LogP contribution is 2.22. The van der Waals surface area contributed by atoms with Crippen molar-refractivity contribution >= 4 is 60.2 Å². The van der Waals surface area contributed by atoms with Gasteiger partial charge in [-0.2, -0.15) is 0 Å². The number of Topliss-reactive ketones (excluding diaryl/α,β-unsaturated/α-hetero) is 1.